The highest BCUT2D eigenvalue weighted by molar-refractivity contribution is 7.99. The van der Waals surface area contributed by atoms with Gasteiger partial charge in [-0.1, -0.05) is 11.8 Å². The summed E-state index contributed by atoms with van der Waals surface area (Å²) in [5.74, 6) is -0.408. The van der Waals surface area contributed by atoms with Crippen LogP contribution >= 0.6 is 11.8 Å². The zero-order valence-corrected chi connectivity index (χ0v) is 10.4. The van der Waals surface area contributed by atoms with E-state index >= 15 is 0 Å². The van der Waals surface area contributed by atoms with Crippen molar-refractivity contribution in [1.82, 2.24) is 9.97 Å². The Bertz CT molecular complexity index is 628. The fourth-order valence-electron chi connectivity index (χ4n) is 1.48. The number of nitrogens with one attached hydrogen (secondary N) is 1. The molecule has 4 nitrogen and oxygen atoms in total. The summed E-state index contributed by atoms with van der Waals surface area (Å²) in [4.78, 5) is 18.7. The lowest BCUT2D eigenvalue weighted by atomic mass is 10.2. The van der Waals surface area contributed by atoms with Gasteiger partial charge in [-0.25, -0.2) is 9.37 Å². The summed E-state index contributed by atoms with van der Waals surface area (Å²) in [5, 5.41) is 9.58. The highest BCUT2D eigenvalue weighted by atomic mass is 32.2. The summed E-state index contributed by atoms with van der Waals surface area (Å²) in [6.45, 7) is 1.45. The second-order valence-corrected chi connectivity index (χ2v) is 4.73. The zero-order valence-electron chi connectivity index (χ0n) is 9.61. The topological polar surface area (TPSA) is 66.0 Å². The zero-order chi connectivity index (χ0) is 13.1. The molecule has 0 bridgehead atoms. The van der Waals surface area contributed by atoms with Crippen molar-refractivity contribution in [2.75, 3.05) is 0 Å². The molecule has 2 aromatic rings. The van der Waals surface area contributed by atoms with Gasteiger partial charge >= 0.3 is 0 Å². The predicted octanol–water partition coefficient (Wildman–Crippen LogP) is 1.86. The molecule has 2 rings (SSSR count). The number of aliphatic hydroxyl groups excluding tert-OH is 1. The molecule has 6 heteroatoms. The Labute approximate surface area is 107 Å². The van der Waals surface area contributed by atoms with Gasteiger partial charge in [0.1, 0.15) is 5.82 Å². The van der Waals surface area contributed by atoms with Gasteiger partial charge in [-0.05, 0) is 30.7 Å². The number of rotatable bonds is 3. The molecule has 1 aromatic heterocycles. The lowest BCUT2D eigenvalue weighted by Crippen LogP contribution is -2.08. The third-order valence-corrected chi connectivity index (χ3v) is 3.25. The molecule has 2 N–H and O–H groups in total. The van der Waals surface area contributed by atoms with E-state index in [1.165, 1.54) is 30.0 Å². The van der Waals surface area contributed by atoms with Gasteiger partial charge in [0.25, 0.3) is 5.56 Å². The summed E-state index contributed by atoms with van der Waals surface area (Å²) in [6, 6.07) is 5.50. The maximum atomic E-state index is 13.0. The summed E-state index contributed by atoms with van der Waals surface area (Å²) in [5.41, 5.74) is 0.829. The molecule has 0 radical (unpaired) electrons. The van der Waals surface area contributed by atoms with E-state index in [1.807, 2.05) is 0 Å². The van der Waals surface area contributed by atoms with Crippen molar-refractivity contribution in [3.8, 4) is 0 Å². The maximum absolute atomic E-state index is 13.0. The molecular weight excluding hydrogens is 255 g/mol. The molecule has 18 heavy (non-hydrogen) atoms. The van der Waals surface area contributed by atoms with E-state index in [0.717, 1.165) is 0 Å². The molecule has 0 atom stereocenters. The van der Waals surface area contributed by atoms with Gasteiger partial charge in [0.15, 0.2) is 5.16 Å². The minimum absolute atomic E-state index is 0.238. The Morgan fingerprint density at radius 2 is 2.22 bits per heavy atom. The third-order valence-electron chi connectivity index (χ3n) is 2.25. The van der Waals surface area contributed by atoms with Crippen molar-refractivity contribution >= 4 is 11.8 Å². The van der Waals surface area contributed by atoms with Gasteiger partial charge in [0.2, 0.25) is 0 Å². The average Bonchev–Trinajstić information content (AvgIpc) is 2.30. The molecule has 0 unspecified atom stereocenters. The minimum Gasteiger partial charge on any atom is -0.392 e. The Balaban J connectivity index is 2.36. The lowest BCUT2D eigenvalue weighted by molar-refractivity contribution is 0.278. The van der Waals surface area contributed by atoms with E-state index in [2.05, 4.69) is 9.97 Å². The number of H-pyrrole nitrogens is 1. The first-order valence-electron chi connectivity index (χ1n) is 5.23. The van der Waals surface area contributed by atoms with Crippen LogP contribution < -0.4 is 5.56 Å². The van der Waals surface area contributed by atoms with Crippen LogP contribution in [0.4, 0.5) is 4.39 Å². The number of benzene rings is 1. The molecule has 0 amide bonds. The molecule has 0 saturated heterocycles. The normalized spacial score (nSPS) is 10.6. The van der Waals surface area contributed by atoms with E-state index in [1.54, 1.807) is 13.0 Å². The molecule has 0 aliphatic rings. The Morgan fingerprint density at radius 1 is 1.44 bits per heavy atom. The fraction of sp³-hybridized carbons (Fsp3) is 0.167. The van der Waals surface area contributed by atoms with Crippen LogP contribution in [0.25, 0.3) is 0 Å². The molecular formula is C12H11FN2O2S. The number of aliphatic hydroxyl groups is 1. The van der Waals surface area contributed by atoms with Crippen molar-refractivity contribution in [3.63, 3.8) is 0 Å². The lowest BCUT2D eigenvalue weighted by Gasteiger charge is -2.06. The number of aromatic amines is 1. The van der Waals surface area contributed by atoms with Crippen molar-refractivity contribution in [2.45, 2.75) is 23.6 Å². The van der Waals surface area contributed by atoms with Crippen LogP contribution in [0.2, 0.25) is 0 Å². The second kappa shape index (κ2) is 5.32. The Kier molecular flexibility index (Phi) is 3.78. The fourth-order valence-corrected chi connectivity index (χ4v) is 2.42. The van der Waals surface area contributed by atoms with Gasteiger partial charge in [-0.3, -0.25) is 4.79 Å². The summed E-state index contributed by atoms with van der Waals surface area (Å²) < 4.78 is 13.0. The highest BCUT2D eigenvalue weighted by Gasteiger charge is 2.07. The monoisotopic (exact) mass is 266 g/mol. The first-order valence-corrected chi connectivity index (χ1v) is 6.05. The second-order valence-electron chi connectivity index (χ2n) is 3.70. The van der Waals surface area contributed by atoms with Gasteiger partial charge in [0.05, 0.1) is 6.61 Å². The van der Waals surface area contributed by atoms with E-state index in [-0.39, 0.29) is 12.2 Å². The molecule has 0 saturated carbocycles. The molecule has 0 aliphatic heterocycles. The van der Waals surface area contributed by atoms with Gasteiger partial charge in [0, 0.05) is 16.7 Å². The standard InChI is InChI=1S/C12H11FN2O2S/c1-7-4-11(17)15-12(14-7)18-10-3-2-9(13)5-8(10)6-16/h2-5,16H,6H2,1H3,(H,14,15,17). The molecule has 1 aromatic carbocycles. The summed E-state index contributed by atoms with van der Waals surface area (Å²) >= 11 is 1.18. The van der Waals surface area contributed by atoms with Crippen LogP contribution in [-0.4, -0.2) is 15.1 Å². The first-order chi connectivity index (χ1) is 8.58. The Hall–Kier alpha value is -1.66. The molecule has 94 valence electrons. The van der Waals surface area contributed by atoms with Crippen LogP contribution in [0.1, 0.15) is 11.3 Å². The van der Waals surface area contributed by atoms with Gasteiger partial charge in [-0.2, -0.15) is 0 Å². The SMILES string of the molecule is Cc1cc(=O)[nH]c(Sc2ccc(F)cc2CO)n1. The van der Waals surface area contributed by atoms with Gasteiger partial charge < -0.3 is 10.1 Å². The number of hydrogen-bond donors (Lipinski definition) is 2. The van der Waals surface area contributed by atoms with Crippen LogP contribution in [0.15, 0.2) is 39.1 Å². The number of halogens is 1. The van der Waals surface area contributed by atoms with Crippen molar-refractivity contribution < 1.29 is 9.50 Å². The van der Waals surface area contributed by atoms with E-state index in [4.69, 9.17) is 5.11 Å². The number of aromatic nitrogens is 2. The van der Waals surface area contributed by atoms with E-state index in [9.17, 15) is 9.18 Å². The van der Waals surface area contributed by atoms with Crippen LogP contribution in [-0.2, 0) is 6.61 Å². The number of nitrogens with zero attached hydrogens (tertiary/aromatic N) is 1. The minimum atomic E-state index is -0.408. The predicted molar refractivity (Wildman–Crippen MR) is 66.0 cm³/mol. The quantitative estimate of drug-likeness (QED) is 0.832. The third kappa shape index (κ3) is 2.96. The van der Waals surface area contributed by atoms with Crippen LogP contribution in [0, 0.1) is 12.7 Å². The van der Waals surface area contributed by atoms with Crippen molar-refractivity contribution in [3.05, 3.63) is 51.7 Å². The Morgan fingerprint density at radius 3 is 2.89 bits per heavy atom. The molecule has 0 spiro atoms. The summed E-state index contributed by atoms with van der Waals surface area (Å²) in [6.07, 6.45) is 0. The molecule has 0 fully saturated rings. The maximum Gasteiger partial charge on any atom is 0.251 e. The molecule has 0 aliphatic carbocycles. The van der Waals surface area contributed by atoms with Crippen LogP contribution in [0.5, 0.6) is 0 Å². The molecule has 1 heterocycles. The average molecular weight is 266 g/mol. The number of hydrogen-bond acceptors (Lipinski definition) is 4. The number of aryl methyl sites for hydroxylation is 1. The van der Waals surface area contributed by atoms with Crippen molar-refractivity contribution in [2.24, 2.45) is 0 Å². The van der Waals surface area contributed by atoms with E-state index < -0.39 is 5.82 Å². The highest BCUT2D eigenvalue weighted by Crippen LogP contribution is 2.28. The van der Waals surface area contributed by atoms with Gasteiger partial charge in [-0.15, -0.1) is 0 Å². The van der Waals surface area contributed by atoms with Crippen LogP contribution in [0.3, 0.4) is 0 Å². The summed E-state index contributed by atoms with van der Waals surface area (Å²) in [7, 11) is 0. The smallest absolute Gasteiger partial charge is 0.251 e. The largest absolute Gasteiger partial charge is 0.392 e. The van der Waals surface area contributed by atoms with E-state index in [0.29, 0.717) is 21.3 Å². The van der Waals surface area contributed by atoms with Crippen molar-refractivity contribution in [1.29, 1.82) is 0 Å². The first kappa shape index (κ1) is 12.8.